The summed E-state index contributed by atoms with van der Waals surface area (Å²) in [5, 5.41) is 11.8. The maximum atomic E-state index is 10.5. The summed E-state index contributed by atoms with van der Waals surface area (Å²) < 4.78 is 0. The summed E-state index contributed by atoms with van der Waals surface area (Å²) in [5.41, 5.74) is 1.91. The Morgan fingerprint density at radius 3 is 2.61 bits per heavy atom. The summed E-state index contributed by atoms with van der Waals surface area (Å²) in [6, 6.07) is 2.01. The van der Waals surface area contributed by atoms with Crippen LogP contribution in [0.25, 0.3) is 0 Å². The van der Waals surface area contributed by atoms with Crippen LogP contribution in [0.3, 0.4) is 0 Å². The van der Waals surface area contributed by atoms with Crippen molar-refractivity contribution < 1.29 is 9.90 Å². The van der Waals surface area contributed by atoms with E-state index in [1.54, 1.807) is 0 Å². The van der Waals surface area contributed by atoms with E-state index in [2.05, 4.69) is 29.1 Å². The molecule has 0 bridgehead atoms. The van der Waals surface area contributed by atoms with E-state index in [0.29, 0.717) is 18.3 Å². The van der Waals surface area contributed by atoms with Gasteiger partial charge in [-0.2, -0.15) is 0 Å². The molecule has 5 heteroatoms. The second-order valence-corrected chi connectivity index (χ2v) is 4.89. The van der Waals surface area contributed by atoms with E-state index in [1.807, 2.05) is 19.9 Å². The van der Waals surface area contributed by atoms with Gasteiger partial charge in [0.25, 0.3) is 0 Å². The van der Waals surface area contributed by atoms with Gasteiger partial charge in [0.15, 0.2) is 0 Å². The van der Waals surface area contributed by atoms with Gasteiger partial charge in [-0.15, -0.1) is 0 Å². The monoisotopic (exact) mass is 251 g/mol. The van der Waals surface area contributed by atoms with Crippen molar-refractivity contribution in [3.8, 4) is 0 Å². The quantitative estimate of drug-likeness (QED) is 0.812. The molecule has 1 heterocycles. The van der Waals surface area contributed by atoms with Gasteiger partial charge in [-0.3, -0.25) is 4.79 Å². The highest BCUT2D eigenvalue weighted by atomic mass is 16.4. The molecule has 1 unspecified atom stereocenters. The van der Waals surface area contributed by atoms with Crippen molar-refractivity contribution in [2.24, 2.45) is 0 Å². The number of carboxylic acid groups (broad SMARTS) is 1. The van der Waals surface area contributed by atoms with Gasteiger partial charge in [-0.25, -0.2) is 9.97 Å². The zero-order valence-corrected chi connectivity index (χ0v) is 11.4. The Labute approximate surface area is 108 Å². The predicted molar refractivity (Wildman–Crippen MR) is 70.8 cm³/mol. The van der Waals surface area contributed by atoms with Gasteiger partial charge in [0, 0.05) is 23.9 Å². The lowest BCUT2D eigenvalue weighted by atomic mass is 10.1. The van der Waals surface area contributed by atoms with Crippen LogP contribution in [-0.2, 0) is 4.79 Å². The molecule has 0 aromatic carbocycles. The van der Waals surface area contributed by atoms with Crippen LogP contribution in [0.2, 0.25) is 0 Å². The molecule has 1 aromatic rings. The van der Waals surface area contributed by atoms with Crippen LogP contribution >= 0.6 is 0 Å². The average molecular weight is 251 g/mol. The fraction of sp³-hybridized carbons (Fsp3) is 0.615. The van der Waals surface area contributed by atoms with Gasteiger partial charge in [0.05, 0.1) is 0 Å². The van der Waals surface area contributed by atoms with Crippen LogP contribution < -0.4 is 5.32 Å². The first-order valence-electron chi connectivity index (χ1n) is 6.22. The van der Waals surface area contributed by atoms with E-state index in [9.17, 15) is 4.79 Å². The maximum absolute atomic E-state index is 10.5. The molecule has 18 heavy (non-hydrogen) atoms. The minimum absolute atomic E-state index is 0.0444. The number of nitrogens with one attached hydrogen (secondary N) is 1. The van der Waals surface area contributed by atoms with Crippen molar-refractivity contribution in [3.05, 3.63) is 17.5 Å². The maximum Gasteiger partial charge on any atom is 0.303 e. The van der Waals surface area contributed by atoms with Crippen LogP contribution in [0.15, 0.2) is 6.07 Å². The van der Waals surface area contributed by atoms with Crippen molar-refractivity contribution in [1.82, 2.24) is 9.97 Å². The van der Waals surface area contributed by atoms with Crippen LogP contribution in [-0.4, -0.2) is 27.1 Å². The Bertz CT molecular complexity index is 419. The lowest BCUT2D eigenvalue weighted by Crippen LogP contribution is -2.19. The van der Waals surface area contributed by atoms with Gasteiger partial charge in [-0.1, -0.05) is 13.8 Å². The number of nitrogens with zero attached hydrogens (tertiary/aromatic N) is 2. The van der Waals surface area contributed by atoms with Gasteiger partial charge in [0.1, 0.15) is 0 Å². The third-order valence-electron chi connectivity index (χ3n) is 2.63. The minimum atomic E-state index is -0.781. The predicted octanol–water partition coefficient (Wildman–Crippen LogP) is 2.57. The molecule has 2 N–H and O–H groups in total. The Balaban J connectivity index is 2.69. The molecule has 0 amide bonds. The summed E-state index contributed by atoms with van der Waals surface area (Å²) >= 11 is 0. The molecule has 0 fully saturated rings. The molecule has 0 saturated heterocycles. The first-order valence-corrected chi connectivity index (χ1v) is 6.22. The van der Waals surface area contributed by atoms with E-state index < -0.39 is 5.97 Å². The third-order valence-corrected chi connectivity index (χ3v) is 2.63. The lowest BCUT2D eigenvalue weighted by molar-refractivity contribution is -0.137. The van der Waals surface area contributed by atoms with E-state index in [1.165, 1.54) is 0 Å². The molecule has 0 aliphatic carbocycles. The van der Waals surface area contributed by atoms with Gasteiger partial charge in [-0.05, 0) is 32.3 Å². The third kappa shape index (κ3) is 4.69. The molecule has 1 aromatic heterocycles. The molecule has 0 aliphatic heterocycles. The fourth-order valence-electron chi connectivity index (χ4n) is 1.59. The SMILES string of the molecule is Cc1cc(C(C)C)nc(NC(C)CCC(=O)O)n1. The summed E-state index contributed by atoms with van der Waals surface area (Å²) in [4.78, 5) is 19.2. The van der Waals surface area contributed by atoms with Crippen LogP contribution in [0.5, 0.6) is 0 Å². The van der Waals surface area contributed by atoms with Crippen molar-refractivity contribution in [2.75, 3.05) is 5.32 Å². The standard InChI is InChI=1S/C13H21N3O2/c1-8(2)11-7-10(4)15-13(16-11)14-9(3)5-6-12(17)18/h7-9H,5-6H2,1-4H3,(H,17,18)(H,14,15,16). The lowest BCUT2D eigenvalue weighted by Gasteiger charge is -2.14. The number of aliphatic carboxylic acids is 1. The number of aromatic nitrogens is 2. The van der Waals surface area contributed by atoms with E-state index in [0.717, 1.165) is 11.4 Å². The number of anilines is 1. The van der Waals surface area contributed by atoms with Crippen LogP contribution in [0.1, 0.15) is 50.9 Å². The molecular weight excluding hydrogens is 230 g/mol. The highest BCUT2D eigenvalue weighted by Crippen LogP contribution is 2.15. The molecule has 0 aliphatic rings. The molecule has 1 atom stereocenters. The Hall–Kier alpha value is -1.65. The molecule has 0 saturated carbocycles. The Morgan fingerprint density at radius 1 is 1.39 bits per heavy atom. The average Bonchev–Trinajstić information content (AvgIpc) is 2.25. The number of rotatable bonds is 6. The molecular formula is C13H21N3O2. The summed E-state index contributed by atoms with van der Waals surface area (Å²) in [5.74, 6) is 0.148. The Kier molecular flexibility index (Phi) is 5.07. The summed E-state index contributed by atoms with van der Waals surface area (Å²) in [6.07, 6.45) is 0.709. The zero-order valence-electron chi connectivity index (χ0n) is 11.4. The number of carboxylic acids is 1. The van der Waals surface area contributed by atoms with Gasteiger partial charge in [0.2, 0.25) is 5.95 Å². The fourth-order valence-corrected chi connectivity index (χ4v) is 1.59. The van der Waals surface area contributed by atoms with E-state index in [4.69, 9.17) is 5.11 Å². The molecule has 100 valence electrons. The summed E-state index contributed by atoms with van der Waals surface area (Å²) in [7, 11) is 0. The molecule has 0 spiro atoms. The number of hydrogen-bond donors (Lipinski definition) is 2. The topological polar surface area (TPSA) is 75.1 Å². The van der Waals surface area contributed by atoms with E-state index >= 15 is 0 Å². The van der Waals surface area contributed by atoms with Crippen molar-refractivity contribution in [2.45, 2.75) is 52.5 Å². The largest absolute Gasteiger partial charge is 0.481 e. The minimum Gasteiger partial charge on any atom is -0.481 e. The number of aryl methyl sites for hydroxylation is 1. The van der Waals surface area contributed by atoms with Crippen LogP contribution in [0.4, 0.5) is 5.95 Å². The summed E-state index contributed by atoms with van der Waals surface area (Å²) in [6.45, 7) is 8.03. The normalized spacial score (nSPS) is 12.5. The smallest absolute Gasteiger partial charge is 0.303 e. The second kappa shape index (κ2) is 6.33. The first-order chi connectivity index (χ1) is 8.38. The zero-order chi connectivity index (χ0) is 13.7. The van der Waals surface area contributed by atoms with Crippen molar-refractivity contribution in [3.63, 3.8) is 0 Å². The first kappa shape index (κ1) is 14.4. The Morgan fingerprint density at radius 2 is 2.06 bits per heavy atom. The van der Waals surface area contributed by atoms with Gasteiger partial charge < -0.3 is 10.4 Å². The molecule has 1 rings (SSSR count). The number of carbonyl (C=O) groups is 1. The van der Waals surface area contributed by atoms with Crippen molar-refractivity contribution >= 4 is 11.9 Å². The highest BCUT2D eigenvalue weighted by Gasteiger charge is 2.09. The second-order valence-electron chi connectivity index (χ2n) is 4.89. The van der Waals surface area contributed by atoms with Crippen molar-refractivity contribution in [1.29, 1.82) is 0 Å². The number of hydrogen-bond acceptors (Lipinski definition) is 4. The van der Waals surface area contributed by atoms with Crippen LogP contribution in [0, 0.1) is 6.92 Å². The molecule has 0 radical (unpaired) electrons. The highest BCUT2D eigenvalue weighted by molar-refractivity contribution is 5.66. The molecule has 5 nitrogen and oxygen atoms in total. The van der Waals surface area contributed by atoms with Gasteiger partial charge >= 0.3 is 5.97 Å². The van der Waals surface area contributed by atoms with E-state index in [-0.39, 0.29) is 12.5 Å².